The molecule has 0 atom stereocenters. The molecule has 0 radical (unpaired) electrons. The Kier molecular flexibility index (Phi) is 5.41. The van der Waals surface area contributed by atoms with Crippen molar-refractivity contribution in [2.45, 2.75) is 6.18 Å². The van der Waals surface area contributed by atoms with E-state index in [-0.39, 0.29) is 12.2 Å². The summed E-state index contributed by atoms with van der Waals surface area (Å²) in [5.74, 6) is -0.557. The van der Waals surface area contributed by atoms with E-state index in [1.807, 2.05) is 0 Å². The minimum absolute atomic E-state index is 0.207. The number of rotatable bonds is 4. The first-order valence-electron chi connectivity index (χ1n) is 6.91. The van der Waals surface area contributed by atoms with Crippen molar-refractivity contribution in [3.63, 3.8) is 0 Å². The summed E-state index contributed by atoms with van der Waals surface area (Å²) in [4.78, 5) is 23.3. The highest BCUT2D eigenvalue weighted by Crippen LogP contribution is 2.29. The molecule has 3 amide bonds. The number of hydrogen-bond donors (Lipinski definition) is 3. The van der Waals surface area contributed by atoms with Gasteiger partial charge in [0.1, 0.15) is 0 Å². The quantitative estimate of drug-likeness (QED) is 0.799. The Bertz CT molecular complexity index is 701. The highest BCUT2D eigenvalue weighted by atomic mass is 19.4. The zero-order valence-corrected chi connectivity index (χ0v) is 12.4. The van der Waals surface area contributed by atoms with Crippen molar-refractivity contribution in [3.05, 3.63) is 60.2 Å². The summed E-state index contributed by atoms with van der Waals surface area (Å²) in [5.41, 5.74) is -0.0303. The van der Waals surface area contributed by atoms with Crippen LogP contribution < -0.4 is 16.0 Å². The first-order chi connectivity index (χ1) is 11.3. The van der Waals surface area contributed by atoms with Gasteiger partial charge in [0.05, 0.1) is 12.1 Å². The standard InChI is InChI=1S/C16H14F3N3O2/c17-16(18,19)11-6-8-13(9-7-11)21-14(23)10-20-15(24)22-12-4-2-1-3-5-12/h1-9H,10H2,(H,21,23)(H2,20,22,24). The molecule has 3 N–H and O–H groups in total. The van der Waals surface area contributed by atoms with Gasteiger partial charge < -0.3 is 16.0 Å². The lowest BCUT2D eigenvalue weighted by Gasteiger charge is -2.10. The molecule has 0 bridgehead atoms. The lowest BCUT2D eigenvalue weighted by molar-refractivity contribution is -0.137. The number of hydrogen-bond acceptors (Lipinski definition) is 2. The van der Waals surface area contributed by atoms with E-state index in [1.165, 1.54) is 0 Å². The fourth-order valence-electron chi connectivity index (χ4n) is 1.81. The third-order valence-electron chi connectivity index (χ3n) is 2.94. The van der Waals surface area contributed by atoms with Gasteiger partial charge in [-0.1, -0.05) is 18.2 Å². The van der Waals surface area contributed by atoms with Gasteiger partial charge in [-0.15, -0.1) is 0 Å². The fraction of sp³-hybridized carbons (Fsp3) is 0.125. The second-order valence-electron chi connectivity index (χ2n) is 4.80. The second kappa shape index (κ2) is 7.49. The van der Waals surface area contributed by atoms with Crippen LogP contribution in [0.25, 0.3) is 0 Å². The predicted octanol–water partition coefficient (Wildman–Crippen LogP) is 3.47. The van der Waals surface area contributed by atoms with Gasteiger partial charge in [0, 0.05) is 11.4 Å². The van der Waals surface area contributed by atoms with E-state index in [0.717, 1.165) is 24.3 Å². The van der Waals surface area contributed by atoms with E-state index in [0.29, 0.717) is 5.69 Å². The lowest BCUT2D eigenvalue weighted by Crippen LogP contribution is -2.35. The summed E-state index contributed by atoms with van der Waals surface area (Å²) in [5, 5.41) is 7.27. The van der Waals surface area contributed by atoms with Crippen LogP contribution in [0.5, 0.6) is 0 Å². The number of anilines is 2. The van der Waals surface area contributed by atoms with Crippen molar-refractivity contribution in [1.29, 1.82) is 0 Å². The van der Waals surface area contributed by atoms with Crippen molar-refractivity contribution in [2.75, 3.05) is 17.2 Å². The molecule has 0 aliphatic carbocycles. The second-order valence-corrected chi connectivity index (χ2v) is 4.80. The molecule has 0 fully saturated rings. The molecule has 5 nitrogen and oxygen atoms in total. The molecule has 0 aliphatic rings. The molecule has 2 rings (SSSR count). The van der Waals surface area contributed by atoms with E-state index in [1.54, 1.807) is 30.3 Å². The van der Waals surface area contributed by atoms with Crippen LogP contribution >= 0.6 is 0 Å². The summed E-state index contributed by atoms with van der Waals surface area (Å²) in [6.07, 6.45) is -4.43. The predicted molar refractivity (Wildman–Crippen MR) is 83.5 cm³/mol. The number of amides is 3. The summed E-state index contributed by atoms with van der Waals surface area (Å²) >= 11 is 0. The molecular formula is C16H14F3N3O2. The van der Waals surface area contributed by atoms with E-state index in [2.05, 4.69) is 16.0 Å². The molecule has 0 aromatic heterocycles. The molecule has 0 saturated heterocycles. The van der Waals surface area contributed by atoms with E-state index < -0.39 is 23.7 Å². The lowest BCUT2D eigenvalue weighted by atomic mass is 10.2. The van der Waals surface area contributed by atoms with Crippen molar-refractivity contribution in [3.8, 4) is 0 Å². The van der Waals surface area contributed by atoms with E-state index in [4.69, 9.17) is 0 Å². The Morgan fingerprint density at radius 1 is 0.833 bits per heavy atom. The average molecular weight is 337 g/mol. The molecule has 126 valence electrons. The van der Waals surface area contributed by atoms with Crippen LogP contribution in [-0.4, -0.2) is 18.5 Å². The highest BCUT2D eigenvalue weighted by molar-refractivity contribution is 5.96. The molecule has 8 heteroatoms. The third-order valence-corrected chi connectivity index (χ3v) is 2.94. The maximum Gasteiger partial charge on any atom is 0.416 e. The van der Waals surface area contributed by atoms with Crippen molar-refractivity contribution >= 4 is 23.3 Å². The molecule has 0 aliphatic heterocycles. The van der Waals surface area contributed by atoms with Gasteiger partial charge in [-0.25, -0.2) is 4.79 Å². The van der Waals surface area contributed by atoms with Gasteiger partial charge in [0.15, 0.2) is 0 Å². The zero-order valence-electron chi connectivity index (χ0n) is 12.4. The number of carbonyl (C=O) groups excluding carboxylic acids is 2. The minimum atomic E-state index is -4.43. The SMILES string of the molecule is O=C(CNC(=O)Nc1ccccc1)Nc1ccc(C(F)(F)F)cc1. The molecule has 2 aromatic carbocycles. The number of para-hydroxylation sites is 1. The molecule has 24 heavy (non-hydrogen) atoms. The monoisotopic (exact) mass is 337 g/mol. The Hall–Kier alpha value is -3.03. The first-order valence-corrected chi connectivity index (χ1v) is 6.91. The first kappa shape index (κ1) is 17.3. The largest absolute Gasteiger partial charge is 0.416 e. The zero-order chi connectivity index (χ0) is 17.6. The van der Waals surface area contributed by atoms with Crippen molar-refractivity contribution < 1.29 is 22.8 Å². The Labute approximate surface area is 135 Å². The minimum Gasteiger partial charge on any atom is -0.329 e. The summed E-state index contributed by atoms with van der Waals surface area (Å²) in [7, 11) is 0. The van der Waals surface area contributed by atoms with Crippen LogP contribution in [-0.2, 0) is 11.0 Å². The number of alkyl halides is 3. The normalized spacial score (nSPS) is 10.8. The fourth-order valence-corrected chi connectivity index (χ4v) is 1.81. The van der Waals surface area contributed by atoms with Crippen LogP contribution in [0.4, 0.5) is 29.3 Å². The Morgan fingerprint density at radius 3 is 2.00 bits per heavy atom. The van der Waals surface area contributed by atoms with Gasteiger partial charge in [0.2, 0.25) is 5.91 Å². The number of carbonyl (C=O) groups is 2. The smallest absolute Gasteiger partial charge is 0.329 e. The number of halogens is 3. The molecule has 0 spiro atoms. The van der Waals surface area contributed by atoms with E-state index in [9.17, 15) is 22.8 Å². The summed E-state index contributed by atoms with van der Waals surface area (Å²) < 4.78 is 37.3. The summed E-state index contributed by atoms with van der Waals surface area (Å²) in [6, 6.07) is 12.1. The molecule has 0 heterocycles. The van der Waals surface area contributed by atoms with Crippen LogP contribution in [0, 0.1) is 0 Å². The third kappa shape index (κ3) is 5.31. The van der Waals surface area contributed by atoms with E-state index >= 15 is 0 Å². The number of benzene rings is 2. The van der Waals surface area contributed by atoms with Gasteiger partial charge in [-0.05, 0) is 36.4 Å². The number of nitrogens with one attached hydrogen (secondary N) is 3. The van der Waals surface area contributed by atoms with Crippen molar-refractivity contribution in [2.24, 2.45) is 0 Å². The topological polar surface area (TPSA) is 70.2 Å². The highest BCUT2D eigenvalue weighted by Gasteiger charge is 2.29. The maximum absolute atomic E-state index is 12.4. The average Bonchev–Trinajstić information content (AvgIpc) is 2.53. The maximum atomic E-state index is 12.4. The van der Waals surface area contributed by atoms with Crippen LogP contribution in [0.15, 0.2) is 54.6 Å². The van der Waals surface area contributed by atoms with Gasteiger partial charge >= 0.3 is 12.2 Å². The van der Waals surface area contributed by atoms with Crippen LogP contribution in [0.2, 0.25) is 0 Å². The van der Waals surface area contributed by atoms with Gasteiger partial charge in [0.25, 0.3) is 0 Å². The van der Waals surface area contributed by atoms with Crippen LogP contribution in [0.3, 0.4) is 0 Å². The van der Waals surface area contributed by atoms with Crippen LogP contribution in [0.1, 0.15) is 5.56 Å². The summed E-state index contributed by atoms with van der Waals surface area (Å²) in [6.45, 7) is -0.320. The van der Waals surface area contributed by atoms with Crippen molar-refractivity contribution in [1.82, 2.24) is 5.32 Å². The number of urea groups is 1. The van der Waals surface area contributed by atoms with Gasteiger partial charge in [-0.3, -0.25) is 4.79 Å². The molecule has 2 aromatic rings. The molecular weight excluding hydrogens is 323 g/mol. The molecule has 0 unspecified atom stereocenters. The molecule has 0 saturated carbocycles. The Morgan fingerprint density at radius 2 is 1.42 bits per heavy atom. The van der Waals surface area contributed by atoms with Gasteiger partial charge in [-0.2, -0.15) is 13.2 Å². The Balaban J connectivity index is 1.80.